The van der Waals surface area contributed by atoms with Gasteiger partial charge in [0.15, 0.2) is 6.61 Å². The molecule has 0 radical (unpaired) electrons. The molecule has 0 bridgehead atoms. The third kappa shape index (κ3) is 8.78. The number of para-hydroxylation sites is 1. The lowest BCUT2D eigenvalue weighted by atomic mass is 10.1. The first kappa shape index (κ1) is 28.5. The zero-order valence-corrected chi connectivity index (χ0v) is 21.0. The molecule has 1 aliphatic heterocycles. The Morgan fingerprint density at radius 1 is 1.14 bits per heavy atom. The Labute approximate surface area is 208 Å². The minimum absolute atomic E-state index is 0.0111. The van der Waals surface area contributed by atoms with Crippen LogP contribution in [0.15, 0.2) is 64.8 Å². The van der Waals surface area contributed by atoms with Crippen LogP contribution >= 0.6 is 0 Å². The van der Waals surface area contributed by atoms with E-state index in [1.807, 2.05) is 46.8 Å². The smallest absolute Gasteiger partial charge is 0.272 e. The van der Waals surface area contributed by atoms with Crippen molar-refractivity contribution in [2.24, 2.45) is 10.2 Å². The summed E-state index contributed by atoms with van der Waals surface area (Å²) < 4.78 is 55.1. The Bertz CT molecular complexity index is 937. The number of hydrogen-bond donors (Lipinski definition) is 0. The lowest BCUT2D eigenvalue weighted by Crippen LogP contribution is -2.42. The summed E-state index contributed by atoms with van der Waals surface area (Å²) in [4.78, 5) is 2.38. The van der Waals surface area contributed by atoms with E-state index >= 15 is 0 Å². The fourth-order valence-corrected chi connectivity index (χ4v) is 5.33. The van der Waals surface area contributed by atoms with Crippen molar-refractivity contribution < 1.29 is 22.1 Å². The molecule has 2 aromatic carbocycles. The second-order valence-electron chi connectivity index (χ2n) is 7.73. The van der Waals surface area contributed by atoms with Crippen molar-refractivity contribution in [3.05, 3.63) is 65.7 Å². The standard InChI is InChI=1S/C24H30F2N4O2S.CH3F/c1-3-29-15-13-22(14-16-29)33(31)30(21-7-5-4-6-8-21)17-19-9-11-20(12-10-19)24(28-27-2)32-18-23(25)26;1-2/h4-12,22-23H,2-3,13-18H2,1H3;1H3/b28-24-;. The van der Waals surface area contributed by atoms with Gasteiger partial charge in [0.2, 0.25) is 5.90 Å². The monoisotopic (exact) mass is 510 g/mol. The number of benzene rings is 2. The van der Waals surface area contributed by atoms with Crippen LogP contribution in [0.5, 0.6) is 0 Å². The van der Waals surface area contributed by atoms with E-state index in [1.165, 1.54) is 0 Å². The van der Waals surface area contributed by atoms with Crippen molar-refractivity contribution in [2.45, 2.75) is 38.0 Å². The molecule has 0 spiro atoms. The normalized spacial score (nSPS) is 15.8. The van der Waals surface area contributed by atoms with Gasteiger partial charge in [-0.3, -0.25) is 8.70 Å². The molecule has 6 nitrogen and oxygen atoms in total. The molecular formula is C25H33F3N4O2S. The number of rotatable bonds is 10. The molecule has 0 aromatic heterocycles. The zero-order valence-electron chi connectivity index (χ0n) is 20.2. The molecule has 3 rings (SSSR count). The molecule has 1 saturated heterocycles. The number of ether oxygens (including phenoxy) is 1. The van der Waals surface area contributed by atoms with Crippen molar-refractivity contribution in [1.82, 2.24) is 4.90 Å². The summed E-state index contributed by atoms with van der Waals surface area (Å²) in [6, 6.07) is 16.9. The third-order valence-corrected chi connectivity index (χ3v) is 7.38. The molecule has 0 saturated carbocycles. The molecule has 10 heteroatoms. The van der Waals surface area contributed by atoms with Gasteiger partial charge in [-0.2, -0.15) is 5.10 Å². The molecule has 1 aliphatic rings. The average Bonchev–Trinajstić information content (AvgIpc) is 2.91. The first-order valence-electron chi connectivity index (χ1n) is 11.4. The second kappa shape index (κ2) is 15.3. The number of hydrogen-bond acceptors (Lipinski definition) is 5. The Morgan fingerprint density at radius 2 is 1.77 bits per heavy atom. The van der Waals surface area contributed by atoms with Gasteiger partial charge in [0.1, 0.15) is 11.0 Å². The number of alkyl halides is 3. The first-order chi connectivity index (χ1) is 17.0. The maximum atomic E-state index is 13.6. The first-order valence-corrected chi connectivity index (χ1v) is 12.6. The van der Waals surface area contributed by atoms with E-state index in [9.17, 15) is 17.4 Å². The van der Waals surface area contributed by atoms with Gasteiger partial charge >= 0.3 is 0 Å². The summed E-state index contributed by atoms with van der Waals surface area (Å²) in [6.07, 6.45) is -0.810. The molecule has 0 aliphatic carbocycles. The summed E-state index contributed by atoms with van der Waals surface area (Å²) in [5.41, 5.74) is 2.35. The van der Waals surface area contributed by atoms with Gasteiger partial charge in [-0.05, 0) is 62.3 Å². The van der Waals surface area contributed by atoms with Gasteiger partial charge < -0.3 is 9.64 Å². The molecule has 1 fully saturated rings. The predicted octanol–water partition coefficient (Wildman–Crippen LogP) is 5.07. The van der Waals surface area contributed by atoms with Crippen LogP contribution in [-0.2, 0) is 22.3 Å². The van der Waals surface area contributed by atoms with Crippen LogP contribution in [0.3, 0.4) is 0 Å². The Hall–Kier alpha value is -2.72. The van der Waals surface area contributed by atoms with Gasteiger partial charge in [0.25, 0.3) is 6.43 Å². The van der Waals surface area contributed by atoms with Crippen molar-refractivity contribution in [3.8, 4) is 0 Å². The quantitative estimate of drug-likeness (QED) is 0.255. The molecule has 0 amide bonds. The van der Waals surface area contributed by atoms with Crippen LogP contribution in [0.1, 0.15) is 30.9 Å². The van der Waals surface area contributed by atoms with E-state index in [0.717, 1.165) is 43.7 Å². The van der Waals surface area contributed by atoms with E-state index in [2.05, 4.69) is 28.7 Å². The summed E-state index contributed by atoms with van der Waals surface area (Å²) in [5.74, 6) is -0.0111. The summed E-state index contributed by atoms with van der Waals surface area (Å²) >= 11 is 0. The van der Waals surface area contributed by atoms with Crippen LogP contribution in [-0.4, -0.2) is 66.8 Å². The van der Waals surface area contributed by atoms with Crippen LogP contribution in [0.25, 0.3) is 0 Å². The third-order valence-electron chi connectivity index (χ3n) is 5.56. The van der Waals surface area contributed by atoms with E-state index in [-0.39, 0.29) is 11.1 Å². The molecular weight excluding hydrogens is 477 g/mol. The number of halogens is 3. The maximum Gasteiger partial charge on any atom is 0.272 e. The highest BCUT2D eigenvalue weighted by Crippen LogP contribution is 2.25. The zero-order chi connectivity index (χ0) is 25.6. The minimum atomic E-state index is -2.61. The fourth-order valence-electron chi connectivity index (χ4n) is 3.75. The van der Waals surface area contributed by atoms with Crippen LogP contribution in [0, 0.1) is 0 Å². The van der Waals surface area contributed by atoms with Crippen molar-refractivity contribution in [1.29, 1.82) is 0 Å². The SMILES string of the molecule is C=N/N=C(\OCC(F)F)c1ccc(CN(c2ccccc2)S(=O)C2CCN(CC)CC2)cc1.CF. The van der Waals surface area contributed by atoms with Gasteiger partial charge in [0, 0.05) is 18.0 Å². The molecule has 1 heterocycles. The van der Waals surface area contributed by atoms with Crippen LogP contribution < -0.4 is 4.31 Å². The van der Waals surface area contributed by atoms with Crippen molar-refractivity contribution in [3.63, 3.8) is 0 Å². The van der Waals surface area contributed by atoms with Crippen molar-refractivity contribution in [2.75, 3.05) is 37.7 Å². The number of likely N-dealkylation sites (tertiary alicyclic amines) is 1. The lowest BCUT2D eigenvalue weighted by Gasteiger charge is -2.34. The second-order valence-corrected chi connectivity index (χ2v) is 9.39. The van der Waals surface area contributed by atoms with Gasteiger partial charge in [-0.15, -0.1) is 5.10 Å². The summed E-state index contributed by atoms with van der Waals surface area (Å²) in [5, 5.41) is 7.23. The van der Waals surface area contributed by atoms with Gasteiger partial charge in [-0.1, -0.05) is 37.3 Å². The highest BCUT2D eigenvalue weighted by Gasteiger charge is 2.28. The molecule has 2 aromatic rings. The lowest BCUT2D eigenvalue weighted by molar-refractivity contribution is 0.0765. The summed E-state index contributed by atoms with van der Waals surface area (Å²) in [7, 11) is -0.686. The largest absolute Gasteiger partial charge is 0.470 e. The highest BCUT2D eigenvalue weighted by molar-refractivity contribution is 7.87. The van der Waals surface area contributed by atoms with Crippen LogP contribution in [0.4, 0.5) is 18.9 Å². The highest BCUT2D eigenvalue weighted by atomic mass is 32.2. The van der Waals surface area contributed by atoms with E-state index in [1.54, 1.807) is 12.1 Å². The Kier molecular flexibility index (Phi) is 12.5. The Morgan fingerprint density at radius 3 is 2.31 bits per heavy atom. The Balaban J connectivity index is 0.00000210. The van der Waals surface area contributed by atoms with Crippen LogP contribution in [0.2, 0.25) is 0 Å². The number of nitrogens with zero attached hydrogens (tertiary/aromatic N) is 4. The van der Waals surface area contributed by atoms with Crippen molar-refractivity contribution >= 4 is 29.3 Å². The topological polar surface area (TPSA) is 57.5 Å². The molecule has 192 valence electrons. The predicted molar refractivity (Wildman–Crippen MR) is 137 cm³/mol. The molecule has 1 atom stereocenters. The van der Waals surface area contributed by atoms with Gasteiger partial charge in [-0.25, -0.2) is 13.0 Å². The van der Waals surface area contributed by atoms with Gasteiger partial charge in [0.05, 0.1) is 19.0 Å². The maximum absolute atomic E-state index is 13.6. The number of piperidine rings is 1. The number of anilines is 1. The van der Waals surface area contributed by atoms with E-state index in [4.69, 9.17) is 4.74 Å². The fraction of sp³-hybridized carbons (Fsp3) is 0.440. The average molecular weight is 511 g/mol. The minimum Gasteiger partial charge on any atom is -0.470 e. The van der Waals surface area contributed by atoms with E-state index < -0.39 is 24.0 Å². The summed E-state index contributed by atoms with van der Waals surface area (Å²) in [6.45, 7) is 8.04. The molecule has 0 N–H and O–H groups in total. The molecule has 1 unspecified atom stereocenters. The molecule has 35 heavy (non-hydrogen) atoms. The van der Waals surface area contributed by atoms with E-state index in [0.29, 0.717) is 19.3 Å².